The SMILES string of the molecule is CO[Si](C)(CN1CCCCCC1)OC. The van der Waals surface area contributed by atoms with Gasteiger partial charge in [0, 0.05) is 20.4 Å². The Balaban J connectivity index is 2.39. The molecule has 1 aliphatic heterocycles. The Kier molecular flexibility index (Phi) is 5.09. The van der Waals surface area contributed by atoms with Crippen molar-refractivity contribution in [2.45, 2.75) is 32.2 Å². The number of nitrogens with zero attached hydrogens (tertiary/aromatic N) is 1. The summed E-state index contributed by atoms with van der Waals surface area (Å²) in [5.41, 5.74) is 0. The van der Waals surface area contributed by atoms with E-state index in [1.807, 2.05) is 0 Å². The second-order valence-electron chi connectivity index (χ2n) is 4.23. The molecule has 1 fully saturated rings. The molecule has 1 rings (SSSR count). The van der Waals surface area contributed by atoms with Crippen LogP contribution in [0.2, 0.25) is 6.55 Å². The normalized spacial score (nSPS) is 20.8. The first-order valence-electron chi connectivity index (χ1n) is 5.53. The minimum atomic E-state index is -1.88. The lowest BCUT2D eigenvalue weighted by atomic mass is 10.2. The molecule has 0 spiro atoms. The third-order valence-corrected chi connectivity index (χ3v) is 5.82. The van der Waals surface area contributed by atoms with Gasteiger partial charge < -0.3 is 13.8 Å². The van der Waals surface area contributed by atoms with Crippen LogP contribution in [0.3, 0.4) is 0 Å². The van der Waals surface area contributed by atoms with Crippen LogP contribution in [0.1, 0.15) is 25.7 Å². The Labute approximate surface area is 88.6 Å². The van der Waals surface area contributed by atoms with Crippen molar-refractivity contribution in [3.63, 3.8) is 0 Å². The highest BCUT2D eigenvalue weighted by Crippen LogP contribution is 2.13. The molecule has 3 nitrogen and oxygen atoms in total. The van der Waals surface area contributed by atoms with E-state index in [-0.39, 0.29) is 0 Å². The molecule has 0 aromatic heterocycles. The summed E-state index contributed by atoms with van der Waals surface area (Å²) in [4.78, 5) is 2.51. The molecule has 0 N–H and O–H groups in total. The van der Waals surface area contributed by atoms with Crippen LogP contribution >= 0.6 is 0 Å². The van der Waals surface area contributed by atoms with Crippen LogP contribution < -0.4 is 0 Å². The van der Waals surface area contributed by atoms with Crippen LogP contribution in [0.25, 0.3) is 0 Å². The van der Waals surface area contributed by atoms with Gasteiger partial charge in [-0.2, -0.15) is 0 Å². The highest BCUT2D eigenvalue weighted by Gasteiger charge is 2.31. The minimum absolute atomic E-state index is 1.01. The van der Waals surface area contributed by atoms with Crippen molar-refractivity contribution < 1.29 is 8.85 Å². The summed E-state index contributed by atoms with van der Waals surface area (Å²) in [6, 6.07) is 0. The smallest absolute Gasteiger partial charge is 0.348 e. The van der Waals surface area contributed by atoms with Gasteiger partial charge in [-0.25, -0.2) is 0 Å². The lowest BCUT2D eigenvalue weighted by Crippen LogP contribution is -2.49. The quantitative estimate of drug-likeness (QED) is 0.670. The first-order chi connectivity index (χ1) is 6.70. The fraction of sp³-hybridized carbons (Fsp3) is 1.00. The average Bonchev–Trinajstić information content (AvgIpc) is 2.46. The van der Waals surface area contributed by atoms with Gasteiger partial charge >= 0.3 is 8.56 Å². The second kappa shape index (κ2) is 5.85. The summed E-state index contributed by atoms with van der Waals surface area (Å²) in [5, 5.41) is 0. The molecular formula is C10H23NO2Si. The monoisotopic (exact) mass is 217 g/mol. The molecule has 0 saturated carbocycles. The molecule has 0 aromatic carbocycles. The molecule has 84 valence electrons. The van der Waals surface area contributed by atoms with Crippen molar-refractivity contribution >= 4 is 8.56 Å². The molecular weight excluding hydrogens is 194 g/mol. The maximum atomic E-state index is 5.51. The van der Waals surface area contributed by atoms with E-state index in [9.17, 15) is 0 Å². The molecule has 0 radical (unpaired) electrons. The Hall–Kier alpha value is 0.0969. The Morgan fingerprint density at radius 3 is 1.93 bits per heavy atom. The van der Waals surface area contributed by atoms with Crippen LogP contribution in [0.15, 0.2) is 0 Å². The van der Waals surface area contributed by atoms with Crippen molar-refractivity contribution in [1.82, 2.24) is 4.90 Å². The second-order valence-corrected chi connectivity index (χ2v) is 7.63. The first kappa shape index (κ1) is 12.2. The zero-order chi connectivity index (χ0) is 10.4. The summed E-state index contributed by atoms with van der Waals surface area (Å²) < 4.78 is 11.0. The van der Waals surface area contributed by atoms with Gasteiger partial charge in [0.1, 0.15) is 0 Å². The van der Waals surface area contributed by atoms with Crippen LogP contribution in [-0.2, 0) is 8.85 Å². The molecule has 0 aliphatic carbocycles. The number of likely N-dealkylation sites (tertiary alicyclic amines) is 1. The van der Waals surface area contributed by atoms with Crippen molar-refractivity contribution in [1.29, 1.82) is 0 Å². The van der Waals surface area contributed by atoms with Gasteiger partial charge in [-0.1, -0.05) is 12.8 Å². The number of rotatable bonds is 4. The van der Waals surface area contributed by atoms with E-state index in [1.165, 1.54) is 38.8 Å². The third-order valence-electron chi connectivity index (χ3n) is 3.07. The van der Waals surface area contributed by atoms with Crippen molar-refractivity contribution in [3.8, 4) is 0 Å². The predicted octanol–water partition coefficient (Wildman–Crippen LogP) is 1.77. The summed E-state index contributed by atoms with van der Waals surface area (Å²) in [5.74, 6) is 0. The lowest BCUT2D eigenvalue weighted by molar-refractivity contribution is 0.210. The van der Waals surface area contributed by atoms with E-state index in [0.717, 1.165) is 6.17 Å². The number of hydrogen-bond donors (Lipinski definition) is 0. The van der Waals surface area contributed by atoms with Gasteiger partial charge in [0.05, 0.1) is 0 Å². The maximum absolute atomic E-state index is 5.51. The molecule has 4 heteroatoms. The standard InChI is InChI=1S/C10H23NO2Si/c1-12-14(3,13-2)10-11-8-6-4-5-7-9-11/h4-10H2,1-3H3. The van der Waals surface area contributed by atoms with Crippen molar-refractivity contribution in [3.05, 3.63) is 0 Å². The van der Waals surface area contributed by atoms with E-state index >= 15 is 0 Å². The van der Waals surface area contributed by atoms with Crippen molar-refractivity contribution in [2.75, 3.05) is 33.5 Å². The Bertz CT molecular complexity index is 154. The zero-order valence-corrected chi connectivity index (χ0v) is 10.7. The van der Waals surface area contributed by atoms with E-state index in [2.05, 4.69) is 11.4 Å². The van der Waals surface area contributed by atoms with E-state index in [1.54, 1.807) is 14.2 Å². The zero-order valence-electron chi connectivity index (χ0n) is 9.71. The van der Waals surface area contributed by atoms with E-state index in [0.29, 0.717) is 0 Å². The maximum Gasteiger partial charge on any atom is 0.348 e. The Morgan fingerprint density at radius 1 is 1.00 bits per heavy atom. The summed E-state index contributed by atoms with van der Waals surface area (Å²) in [6.45, 7) is 4.57. The molecule has 0 unspecified atom stereocenters. The van der Waals surface area contributed by atoms with Crippen LogP contribution in [0, 0.1) is 0 Å². The predicted molar refractivity (Wildman–Crippen MR) is 60.5 cm³/mol. The topological polar surface area (TPSA) is 21.7 Å². The molecule has 14 heavy (non-hydrogen) atoms. The number of hydrogen-bond acceptors (Lipinski definition) is 3. The molecule has 1 heterocycles. The van der Waals surface area contributed by atoms with E-state index < -0.39 is 8.56 Å². The van der Waals surface area contributed by atoms with Gasteiger partial charge in [0.25, 0.3) is 0 Å². The first-order valence-corrected chi connectivity index (χ1v) is 8.05. The Morgan fingerprint density at radius 2 is 1.50 bits per heavy atom. The molecule has 1 aliphatic rings. The van der Waals surface area contributed by atoms with Gasteiger partial charge in [-0.15, -0.1) is 0 Å². The lowest BCUT2D eigenvalue weighted by Gasteiger charge is -2.29. The van der Waals surface area contributed by atoms with Crippen LogP contribution in [0.4, 0.5) is 0 Å². The van der Waals surface area contributed by atoms with Gasteiger partial charge in [0.15, 0.2) is 0 Å². The molecule has 0 aromatic rings. The third kappa shape index (κ3) is 3.69. The van der Waals surface area contributed by atoms with Crippen molar-refractivity contribution in [2.24, 2.45) is 0 Å². The molecule has 1 saturated heterocycles. The van der Waals surface area contributed by atoms with Gasteiger partial charge in [0.2, 0.25) is 0 Å². The highest BCUT2D eigenvalue weighted by molar-refractivity contribution is 6.66. The molecule has 0 bridgehead atoms. The largest absolute Gasteiger partial charge is 0.397 e. The minimum Gasteiger partial charge on any atom is -0.397 e. The van der Waals surface area contributed by atoms with E-state index in [4.69, 9.17) is 8.85 Å². The summed E-state index contributed by atoms with van der Waals surface area (Å²) >= 11 is 0. The van der Waals surface area contributed by atoms with Crippen LogP contribution in [0.5, 0.6) is 0 Å². The molecule has 0 atom stereocenters. The van der Waals surface area contributed by atoms with Gasteiger partial charge in [-0.05, 0) is 32.5 Å². The highest BCUT2D eigenvalue weighted by atomic mass is 28.4. The summed E-state index contributed by atoms with van der Waals surface area (Å²) in [6.07, 6.45) is 6.44. The van der Waals surface area contributed by atoms with Crippen LogP contribution in [-0.4, -0.2) is 46.9 Å². The summed E-state index contributed by atoms with van der Waals surface area (Å²) in [7, 11) is 1.66. The fourth-order valence-corrected chi connectivity index (χ4v) is 3.47. The average molecular weight is 217 g/mol. The van der Waals surface area contributed by atoms with Gasteiger partial charge in [-0.3, -0.25) is 0 Å². The fourth-order valence-electron chi connectivity index (χ4n) is 1.91. The molecule has 0 amide bonds.